The number of nitrogens with one attached hydrogen (secondary N) is 1. The Bertz CT molecular complexity index is 801. The van der Waals surface area contributed by atoms with E-state index in [2.05, 4.69) is 21.2 Å². The standard InChI is InChI=1S/C17H18BrNO3S/c1-3-16(12-8-10-13(11-9-12)23(2,21)22)19-17(20)14-6-4-5-7-15(14)18/h4-11,16H,3H2,1-2H3,(H,19,20)/t16-/m1/s1. The van der Waals surface area contributed by atoms with Crippen LogP contribution in [-0.2, 0) is 9.84 Å². The zero-order chi connectivity index (χ0) is 17.0. The SMILES string of the molecule is CC[C@@H](NC(=O)c1ccccc1Br)c1ccc(S(C)(=O)=O)cc1. The van der Waals surface area contributed by atoms with E-state index < -0.39 is 9.84 Å². The molecule has 23 heavy (non-hydrogen) atoms. The molecule has 0 aliphatic heterocycles. The van der Waals surface area contributed by atoms with Gasteiger partial charge in [-0.05, 0) is 52.2 Å². The predicted octanol–water partition coefficient (Wildman–Crippen LogP) is 3.73. The Hall–Kier alpha value is -1.66. The van der Waals surface area contributed by atoms with E-state index in [9.17, 15) is 13.2 Å². The van der Waals surface area contributed by atoms with Crippen LogP contribution >= 0.6 is 15.9 Å². The molecule has 1 amide bonds. The predicted molar refractivity (Wildman–Crippen MR) is 94.2 cm³/mol. The van der Waals surface area contributed by atoms with E-state index in [-0.39, 0.29) is 16.8 Å². The van der Waals surface area contributed by atoms with Gasteiger partial charge in [0.15, 0.2) is 9.84 Å². The second-order valence-corrected chi connectivity index (χ2v) is 8.13. The van der Waals surface area contributed by atoms with Crippen molar-refractivity contribution in [1.82, 2.24) is 5.32 Å². The van der Waals surface area contributed by atoms with Gasteiger partial charge in [0.1, 0.15) is 0 Å². The molecule has 0 fully saturated rings. The lowest BCUT2D eigenvalue weighted by molar-refractivity contribution is 0.0934. The molecular formula is C17H18BrNO3S. The molecule has 0 aliphatic carbocycles. The maximum atomic E-state index is 12.4. The highest BCUT2D eigenvalue weighted by Gasteiger charge is 2.16. The number of amides is 1. The molecule has 2 aromatic carbocycles. The molecule has 0 unspecified atom stereocenters. The van der Waals surface area contributed by atoms with Crippen molar-refractivity contribution < 1.29 is 13.2 Å². The number of carbonyl (C=O) groups excluding carboxylic acids is 1. The van der Waals surface area contributed by atoms with E-state index >= 15 is 0 Å². The van der Waals surface area contributed by atoms with Gasteiger partial charge in [0, 0.05) is 10.7 Å². The summed E-state index contributed by atoms with van der Waals surface area (Å²) >= 11 is 3.37. The molecule has 0 heterocycles. The highest BCUT2D eigenvalue weighted by Crippen LogP contribution is 2.21. The van der Waals surface area contributed by atoms with E-state index in [1.165, 1.54) is 6.26 Å². The van der Waals surface area contributed by atoms with Crippen molar-refractivity contribution in [2.45, 2.75) is 24.3 Å². The van der Waals surface area contributed by atoms with Crippen molar-refractivity contribution in [1.29, 1.82) is 0 Å². The van der Waals surface area contributed by atoms with E-state index in [1.807, 2.05) is 25.1 Å². The molecule has 0 saturated heterocycles. The summed E-state index contributed by atoms with van der Waals surface area (Å²) in [5.41, 5.74) is 1.44. The highest BCUT2D eigenvalue weighted by molar-refractivity contribution is 9.10. The van der Waals surface area contributed by atoms with Crippen LogP contribution in [0.2, 0.25) is 0 Å². The summed E-state index contributed by atoms with van der Waals surface area (Å²) in [6.07, 6.45) is 1.88. The average Bonchev–Trinajstić information content (AvgIpc) is 2.52. The number of hydrogen-bond acceptors (Lipinski definition) is 3. The minimum absolute atomic E-state index is 0.170. The minimum Gasteiger partial charge on any atom is -0.345 e. The quantitative estimate of drug-likeness (QED) is 0.838. The first kappa shape index (κ1) is 17.7. The van der Waals surface area contributed by atoms with E-state index in [1.54, 1.807) is 30.3 Å². The normalized spacial score (nSPS) is 12.7. The van der Waals surface area contributed by atoms with Crippen LogP contribution in [0.3, 0.4) is 0 Å². The zero-order valence-corrected chi connectivity index (χ0v) is 15.3. The Balaban J connectivity index is 2.20. The molecule has 2 rings (SSSR count). The average molecular weight is 396 g/mol. The lowest BCUT2D eigenvalue weighted by atomic mass is 10.0. The zero-order valence-electron chi connectivity index (χ0n) is 12.9. The molecule has 1 atom stereocenters. The van der Waals surface area contributed by atoms with Crippen LogP contribution in [0.25, 0.3) is 0 Å². The smallest absolute Gasteiger partial charge is 0.252 e. The van der Waals surface area contributed by atoms with E-state index in [4.69, 9.17) is 0 Å². The summed E-state index contributed by atoms with van der Waals surface area (Å²) in [6.45, 7) is 1.97. The van der Waals surface area contributed by atoms with Crippen LogP contribution in [0.15, 0.2) is 57.9 Å². The maximum absolute atomic E-state index is 12.4. The largest absolute Gasteiger partial charge is 0.345 e. The Morgan fingerprint density at radius 1 is 1.13 bits per heavy atom. The van der Waals surface area contributed by atoms with Gasteiger partial charge in [-0.1, -0.05) is 31.2 Å². The van der Waals surface area contributed by atoms with Gasteiger partial charge in [0.05, 0.1) is 16.5 Å². The number of carbonyl (C=O) groups is 1. The van der Waals surface area contributed by atoms with Crippen molar-refractivity contribution in [2.24, 2.45) is 0 Å². The second kappa shape index (κ2) is 7.27. The van der Waals surface area contributed by atoms with Gasteiger partial charge in [-0.15, -0.1) is 0 Å². The number of rotatable bonds is 5. The second-order valence-electron chi connectivity index (χ2n) is 5.26. The summed E-state index contributed by atoms with van der Waals surface area (Å²) in [5, 5.41) is 2.98. The molecule has 6 heteroatoms. The summed E-state index contributed by atoms with van der Waals surface area (Å²) in [4.78, 5) is 12.7. The Labute approximate surface area is 145 Å². The van der Waals surface area contributed by atoms with Gasteiger partial charge in [-0.2, -0.15) is 0 Å². The lowest BCUT2D eigenvalue weighted by Crippen LogP contribution is -2.28. The molecule has 122 valence electrons. The molecule has 2 aromatic rings. The number of sulfone groups is 1. The van der Waals surface area contributed by atoms with Gasteiger partial charge in [0.25, 0.3) is 5.91 Å². The van der Waals surface area contributed by atoms with Gasteiger partial charge in [0.2, 0.25) is 0 Å². The molecule has 4 nitrogen and oxygen atoms in total. The molecule has 0 saturated carbocycles. The summed E-state index contributed by atoms with van der Waals surface area (Å²) < 4.78 is 23.8. The fourth-order valence-corrected chi connectivity index (χ4v) is 3.35. The van der Waals surface area contributed by atoms with Gasteiger partial charge in [-0.25, -0.2) is 8.42 Å². The van der Waals surface area contributed by atoms with Gasteiger partial charge >= 0.3 is 0 Å². The first-order chi connectivity index (χ1) is 10.8. The summed E-state index contributed by atoms with van der Waals surface area (Å²) in [6, 6.07) is 13.7. The molecule has 0 aliphatic rings. The molecule has 0 aromatic heterocycles. The monoisotopic (exact) mass is 395 g/mol. The summed E-state index contributed by atoms with van der Waals surface area (Å²) in [7, 11) is -3.22. The third kappa shape index (κ3) is 4.42. The third-order valence-electron chi connectivity index (χ3n) is 3.54. The van der Waals surface area contributed by atoms with Crippen molar-refractivity contribution in [3.8, 4) is 0 Å². The molecule has 0 bridgehead atoms. The van der Waals surface area contributed by atoms with Crippen molar-refractivity contribution in [2.75, 3.05) is 6.26 Å². The van der Waals surface area contributed by atoms with Crippen molar-refractivity contribution in [3.63, 3.8) is 0 Å². The van der Waals surface area contributed by atoms with Crippen molar-refractivity contribution in [3.05, 3.63) is 64.1 Å². The maximum Gasteiger partial charge on any atom is 0.252 e. The summed E-state index contributed by atoms with van der Waals surface area (Å²) in [5.74, 6) is -0.170. The Kier molecular flexibility index (Phi) is 5.59. The van der Waals surface area contributed by atoms with E-state index in [0.717, 1.165) is 10.0 Å². The number of hydrogen-bond donors (Lipinski definition) is 1. The van der Waals surface area contributed by atoms with Crippen LogP contribution in [0, 0.1) is 0 Å². The molecule has 1 N–H and O–H groups in total. The van der Waals surface area contributed by atoms with Crippen molar-refractivity contribution >= 4 is 31.7 Å². The van der Waals surface area contributed by atoms with Crippen LogP contribution in [-0.4, -0.2) is 20.6 Å². The highest BCUT2D eigenvalue weighted by atomic mass is 79.9. The molecule has 0 radical (unpaired) electrons. The van der Waals surface area contributed by atoms with Crippen LogP contribution < -0.4 is 5.32 Å². The van der Waals surface area contributed by atoms with E-state index in [0.29, 0.717) is 12.0 Å². The lowest BCUT2D eigenvalue weighted by Gasteiger charge is -2.18. The molecular weight excluding hydrogens is 378 g/mol. The first-order valence-corrected chi connectivity index (χ1v) is 9.86. The van der Waals surface area contributed by atoms with Crippen LogP contribution in [0.5, 0.6) is 0 Å². The third-order valence-corrected chi connectivity index (χ3v) is 5.36. The topological polar surface area (TPSA) is 63.2 Å². The number of benzene rings is 2. The van der Waals surface area contributed by atoms with Gasteiger partial charge < -0.3 is 5.32 Å². The first-order valence-electron chi connectivity index (χ1n) is 7.18. The fraction of sp³-hybridized carbons (Fsp3) is 0.235. The van der Waals surface area contributed by atoms with Gasteiger partial charge in [-0.3, -0.25) is 4.79 Å². The molecule has 0 spiro atoms. The van der Waals surface area contributed by atoms with Crippen LogP contribution in [0.4, 0.5) is 0 Å². The Morgan fingerprint density at radius 2 is 1.74 bits per heavy atom. The fourth-order valence-electron chi connectivity index (χ4n) is 2.25. The minimum atomic E-state index is -3.22. The number of halogens is 1. The van der Waals surface area contributed by atoms with Crippen LogP contribution in [0.1, 0.15) is 35.3 Å². The Morgan fingerprint density at radius 3 is 2.26 bits per heavy atom.